The molecule has 1 heterocycles. The van der Waals surface area contributed by atoms with E-state index in [1.807, 2.05) is 25.3 Å². The highest BCUT2D eigenvalue weighted by atomic mass is 35.5. The number of benzene rings is 1. The third-order valence-electron chi connectivity index (χ3n) is 2.63. The number of ether oxygens (including phenoxy) is 1. The lowest BCUT2D eigenvalue weighted by molar-refractivity contribution is 0.141. The first-order valence-electron chi connectivity index (χ1n) is 5.31. The second kappa shape index (κ2) is 4.74. The van der Waals surface area contributed by atoms with E-state index in [9.17, 15) is 4.79 Å². The summed E-state index contributed by atoms with van der Waals surface area (Å²) in [5, 5.41) is 9.39. The number of carbonyl (C=O) groups is 1. The van der Waals surface area contributed by atoms with Crippen LogP contribution in [0.15, 0.2) is 30.5 Å². The number of rotatable bonds is 2. The molecule has 0 atom stereocenters. The first-order valence-corrected chi connectivity index (χ1v) is 5.69. The Hall–Kier alpha value is -1.94. The Balaban J connectivity index is 2.55. The van der Waals surface area contributed by atoms with Crippen LogP contribution in [0, 0.1) is 6.92 Å². The number of carboxylic acid groups (broad SMARTS) is 1. The fourth-order valence-electron chi connectivity index (χ4n) is 1.93. The lowest BCUT2D eigenvalue weighted by atomic mass is 10.1. The van der Waals surface area contributed by atoms with Crippen LogP contribution in [0.1, 0.15) is 5.56 Å². The van der Waals surface area contributed by atoms with Crippen molar-refractivity contribution >= 4 is 17.8 Å². The molecule has 1 aromatic carbocycles. The first kappa shape index (κ1) is 12.5. The van der Waals surface area contributed by atoms with E-state index in [1.54, 1.807) is 23.7 Å². The highest BCUT2D eigenvalue weighted by Crippen LogP contribution is 2.35. The van der Waals surface area contributed by atoms with Gasteiger partial charge in [-0.3, -0.25) is 0 Å². The fraction of sp³-hybridized carbons (Fsp3) is 0.154. The summed E-state index contributed by atoms with van der Waals surface area (Å²) in [6.45, 7) is 1.90. The average molecular weight is 266 g/mol. The summed E-state index contributed by atoms with van der Waals surface area (Å²) in [6.07, 6.45) is 0.494. The van der Waals surface area contributed by atoms with Gasteiger partial charge in [0.1, 0.15) is 0 Å². The number of aryl methyl sites for hydroxylation is 2. The molecule has 1 N–H and O–H groups in total. The maximum atomic E-state index is 10.7. The minimum Gasteiger partial charge on any atom is -0.449 e. The van der Waals surface area contributed by atoms with Crippen molar-refractivity contribution in [1.29, 1.82) is 0 Å². The SMILES string of the molecule is Cc1cn(C)c(OC(=O)O)c1-c1ccc(Cl)cc1. The van der Waals surface area contributed by atoms with Crippen molar-refractivity contribution in [2.75, 3.05) is 0 Å². The zero-order valence-electron chi connectivity index (χ0n) is 9.98. The van der Waals surface area contributed by atoms with Gasteiger partial charge in [0.2, 0.25) is 5.88 Å². The van der Waals surface area contributed by atoms with Gasteiger partial charge < -0.3 is 14.4 Å². The van der Waals surface area contributed by atoms with Crippen LogP contribution in [-0.2, 0) is 7.05 Å². The molecule has 0 fully saturated rings. The summed E-state index contributed by atoms with van der Waals surface area (Å²) in [7, 11) is 1.74. The second-order valence-electron chi connectivity index (χ2n) is 3.98. The van der Waals surface area contributed by atoms with Crippen molar-refractivity contribution in [3.05, 3.63) is 41.0 Å². The molecule has 2 aromatic rings. The van der Waals surface area contributed by atoms with Crippen molar-refractivity contribution in [2.45, 2.75) is 6.92 Å². The fourth-order valence-corrected chi connectivity index (χ4v) is 2.06. The third kappa shape index (κ3) is 2.33. The highest BCUT2D eigenvalue weighted by Gasteiger charge is 2.17. The largest absolute Gasteiger partial charge is 0.512 e. The number of aromatic nitrogens is 1. The quantitative estimate of drug-likeness (QED) is 0.842. The van der Waals surface area contributed by atoms with Crippen LogP contribution in [0.4, 0.5) is 4.79 Å². The molecule has 0 saturated carbocycles. The van der Waals surface area contributed by atoms with Crippen LogP contribution < -0.4 is 4.74 Å². The van der Waals surface area contributed by atoms with Gasteiger partial charge >= 0.3 is 6.16 Å². The summed E-state index contributed by atoms with van der Waals surface area (Å²) >= 11 is 5.84. The number of hydrogen-bond donors (Lipinski definition) is 1. The van der Waals surface area contributed by atoms with Crippen LogP contribution in [0.2, 0.25) is 5.02 Å². The predicted molar refractivity (Wildman–Crippen MR) is 69.2 cm³/mol. The summed E-state index contributed by atoms with van der Waals surface area (Å²) in [4.78, 5) is 10.7. The highest BCUT2D eigenvalue weighted by molar-refractivity contribution is 6.30. The predicted octanol–water partition coefficient (Wildman–Crippen LogP) is 3.71. The van der Waals surface area contributed by atoms with Gasteiger partial charge in [-0.1, -0.05) is 23.7 Å². The Morgan fingerprint density at radius 1 is 1.33 bits per heavy atom. The molecule has 0 aliphatic heterocycles. The van der Waals surface area contributed by atoms with Crippen molar-refractivity contribution in [3.63, 3.8) is 0 Å². The lowest BCUT2D eigenvalue weighted by Gasteiger charge is -2.06. The van der Waals surface area contributed by atoms with E-state index < -0.39 is 6.16 Å². The molecule has 5 heteroatoms. The van der Waals surface area contributed by atoms with E-state index >= 15 is 0 Å². The number of halogens is 1. The minimum absolute atomic E-state index is 0.308. The lowest BCUT2D eigenvalue weighted by Crippen LogP contribution is -2.07. The second-order valence-corrected chi connectivity index (χ2v) is 4.41. The maximum absolute atomic E-state index is 10.7. The van der Waals surface area contributed by atoms with Gasteiger partial charge in [0, 0.05) is 23.8 Å². The maximum Gasteiger partial charge on any atom is 0.512 e. The minimum atomic E-state index is -1.33. The molecule has 1 aromatic heterocycles. The van der Waals surface area contributed by atoms with E-state index in [1.165, 1.54) is 0 Å². The van der Waals surface area contributed by atoms with Crippen LogP contribution in [0.5, 0.6) is 5.88 Å². The van der Waals surface area contributed by atoms with Gasteiger partial charge in [-0.15, -0.1) is 0 Å². The van der Waals surface area contributed by atoms with Gasteiger partial charge in [-0.25, -0.2) is 4.79 Å². The first-order chi connectivity index (χ1) is 8.49. The van der Waals surface area contributed by atoms with Gasteiger partial charge in [-0.05, 0) is 30.2 Å². The van der Waals surface area contributed by atoms with Crippen molar-refractivity contribution in [3.8, 4) is 17.0 Å². The zero-order chi connectivity index (χ0) is 13.3. The Labute approximate surface area is 109 Å². The molecule has 0 amide bonds. The average Bonchev–Trinajstić information content (AvgIpc) is 2.55. The van der Waals surface area contributed by atoms with Gasteiger partial charge in [-0.2, -0.15) is 0 Å². The Kier molecular flexibility index (Phi) is 3.30. The normalized spacial score (nSPS) is 10.4. The third-order valence-corrected chi connectivity index (χ3v) is 2.88. The molecule has 0 unspecified atom stereocenters. The van der Waals surface area contributed by atoms with Crippen LogP contribution >= 0.6 is 11.6 Å². The summed E-state index contributed by atoms with van der Waals surface area (Å²) in [6, 6.07) is 7.18. The van der Waals surface area contributed by atoms with Gasteiger partial charge in [0.25, 0.3) is 0 Å². The topological polar surface area (TPSA) is 51.5 Å². The smallest absolute Gasteiger partial charge is 0.449 e. The molecule has 0 aliphatic carbocycles. The monoisotopic (exact) mass is 265 g/mol. The van der Waals surface area contributed by atoms with Gasteiger partial charge in [0.05, 0.1) is 0 Å². The van der Waals surface area contributed by atoms with Crippen molar-refractivity contribution in [1.82, 2.24) is 4.57 Å². The molecule has 4 nitrogen and oxygen atoms in total. The molecule has 0 aliphatic rings. The van der Waals surface area contributed by atoms with E-state index in [0.29, 0.717) is 10.9 Å². The van der Waals surface area contributed by atoms with E-state index in [2.05, 4.69) is 0 Å². The van der Waals surface area contributed by atoms with Crippen molar-refractivity contribution < 1.29 is 14.6 Å². The summed E-state index contributed by atoms with van der Waals surface area (Å²) < 4.78 is 6.47. The molecular weight excluding hydrogens is 254 g/mol. The van der Waals surface area contributed by atoms with Crippen LogP contribution in [0.3, 0.4) is 0 Å². The molecule has 0 saturated heterocycles. The Morgan fingerprint density at radius 3 is 2.50 bits per heavy atom. The summed E-state index contributed by atoms with van der Waals surface area (Å²) in [5.41, 5.74) is 2.57. The van der Waals surface area contributed by atoms with Crippen LogP contribution in [-0.4, -0.2) is 15.8 Å². The zero-order valence-corrected chi connectivity index (χ0v) is 10.7. The number of nitrogens with zero attached hydrogens (tertiary/aromatic N) is 1. The van der Waals surface area contributed by atoms with E-state index in [0.717, 1.165) is 16.7 Å². The molecule has 94 valence electrons. The van der Waals surface area contributed by atoms with Crippen molar-refractivity contribution in [2.24, 2.45) is 7.05 Å². The Bertz CT molecular complexity index is 587. The van der Waals surface area contributed by atoms with Crippen LogP contribution in [0.25, 0.3) is 11.1 Å². The molecular formula is C13H12ClNO3. The molecule has 18 heavy (non-hydrogen) atoms. The molecule has 0 spiro atoms. The van der Waals surface area contributed by atoms with E-state index in [4.69, 9.17) is 21.4 Å². The molecule has 0 bridgehead atoms. The Morgan fingerprint density at radius 2 is 1.94 bits per heavy atom. The standard InChI is InChI=1S/C13H12ClNO3/c1-8-7-15(2)12(18-13(16)17)11(8)9-3-5-10(14)6-4-9/h3-7H,1-2H3,(H,16,17). The van der Waals surface area contributed by atoms with E-state index in [-0.39, 0.29) is 0 Å². The summed E-state index contributed by atoms with van der Waals surface area (Å²) in [5.74, 6) is 0.308. The molecule has 0 radical (unpaired) electrons. The number of hydrogen-bond acceptors (Lipinski definition) is 2. The molecule has 2 rings (SSSR count). The van der Waals surface area contributed by atoms with Gasteiger partial charge in [0.15, 0.2) is 0 Å².